The van der Waals surface area contributed by atoms with Crippen LogP contribution >= 0.6 is 0 Å². The van der Waals surface area contributed by atoms with Gasteiger partial charge in [-0.2, -0.15) is 0 Å². The zero-order valence-electron chi connectivity index (χ0n) is 9.79. The van der Waals surface area contributed by atoms with Gasteiger partial charge in [0.1, 0.15) is 0 Å². The number of hydrazine groups is 1. The maximum Gasteiger partial charge on any atom is 0.0563 e. The highest BCUT2D eigenvalue weighted by molar-refractivity contribution is 5.16. The van der Waals surface area contributed by atoms with Gasteiger partial charge in [-0.05, 0) is 6.42 Å². The van der Waals surface area contributed by atoms with E-state index in [2.05, 4.69) is 10.9 Å². The van der Waals surface area contributed by atoms with E-state index in [-0.39, 0.29) is 36.3 Å². The Bertz CT molecular complexity index is 315. The molecule has 0 saturated heterocycles. The van der Waals surface area contributed by atoms with Gasteiger partial charge in [0.2, 0.25) is 0 Å². The van der Waals surface area contributed by atoms with Crippen molar-refractivity contribution < 1.29 is 0 Å². The van der Waals surface area contributed by atoms with Gasteiger partial charge in [0.05, 0.1) is 12.1 Å². The van der Waals surface area contributed by atoms with Crippen molar-refractivity contribution in [3.8, 4) is 0 Å². The third-order valence-electron chi connectivity index (χ3n) is 3.48. The molecule has 6 unspecified atom stereocenters. The summed E-state index contributed by atoms with van der Waals surface area (Å²) in [5.41, 5.74) is 30.0. The van der Waals surface area contributed by atoms with Gasteiger partial charge in [0, 0.05) is 24.2 Å². The third kappa shape index (κ3) is 2.74. The molecule has 6 atom stereocenters. The summed E-state index contributed by atoms with van der Waals surface area (Å²) in [5.74, 6) is 0. The van der Waals surface area contributed by atoms with Crippen LogP contribution in [-0.2, 0) is 0 Å². The van der Waals surface area contributed by atoms with Crippen molar-refractivity contribution in [2.24, 2.45) is 22.9 Å². The lowest BCUT2D eigenvalue weighted by molar-refractivity contribution is 0.340. The first-order chi connectivity index (χ1) is 8.09. The minimum absolute atomic E-state index is 0.00523. The molecular weight excluding hydrogens is 216 g/mol. The second-order valence-electron chi connectivity index (χ2n) is 4.78. The molecule has 0 aromatic carbocycles. The van der Waals surface area contributed by atoms with E-state index in [1.807, 2.05) is 24.3 Å². The highest BCUT2D eigenvalue weighted by Crippen LogP contribution is 2.10. The van der Waals surface area contributed by atoms with Crippen molar-refractivity contribution in [3.63, 3.8) is 0 Å². The average molecular weight is 238 g/mol. The van der Waals surface area contributed by atoms with Crippen LogP contribution < -0.4 is 33.8 Å². The molecule has 96 valence electrons. The van der Waals surface area contributed by atoms with E-state index in [9.17, 15) is 0 Å². The third-order valence-corrected chi connectivity index (χ3v) is 3.48. The molecule has 2 aliphatic carbocycles. The van der Waals surface area contributed by atoms with Crippen LogP contribution in [0.5, 0.6) is 0 Å². The standard InChI is InChI=1S/C11H22N6/c12-6-2-1-3-8(10(6)14)16-17-9-5-4-7(13)11(9)15/h1,3-11,16-17H,2,12-15H2. The quantitative estimate of drug-likeness (QED) is 0.241. The Morgan fingerprint density at radius 3 is 2.06 bits per heavy atom. The summed E-state index contributed by atoms with van der Waals surface area (Å²) in [6, 6.07) is -0.246. The van der Waals surface area contributed by atoms with Gasteiger partial charge in [0.15, 0.2) is 0 Å². The van der Waals surface area contributed by atoms with Crippen LogP contribution in [0.1, 0.15) is 6.42 Å². The smallest absolute Gasteiger partial charge is 0.0563 e. The normalized spacial score (nSPS) is 45.4. The Morgan fingerprint density at radius 2 is 1.47 bits per heavy atom. The molecule has 2 aliphatic rings. The van der Waals surface area contributed by atoms with Gasteiger partial charge in [-0.1, -0.05) is 24.3 Å². The maximum absolute atomic E-state index is 6.02. The summed E-state index contributed by atoms with van der Waals surface area (Å²) in [6.45, 7) is 0. The van der Waals surface area contributed by atoms with Gasteiger partial charge in [-0.15, -0.1) is 0 Å². The molecule has 0 heterocycles. The molecule has 0 bridgehead atoms. The number of nitrogens with one attached hydrogen (secondary N) is 2. The molecule has 0 fully saturated rings. The fourth-order valence-electron chi connectivity index (χ4n) is 2.16. The van der Waals surface area contributed by atoms with E-state index in [1.54, 1.807) is 0 Å². The fraction of sp³-hybridized carbons (Fsp3) is 0.636. The molecule has 2 rings (SSSR count). The molecule has 10 N–H and O–H groups in total. The van der Waals surface area contributed by atoms with E-state index >= 15 is 0 Å². The molecule has 0 saturated carbocycles. The lowest BCUT2D eigenvalue weighted by Crippen LogP contribution is -2.62. The summed E-state index contributed by atoms with van der Waals surface area (Å²) in [5, 5.41) is 0. The molecule has 0 aromatic heterocycles. The van der Waals surface area contributed by atoms with Crippen LogP contribution in [-0.4, -0.2) is 36.3 Å². The average Bonchev–Trinajstić information content (AvgIpc) is 2.62. The topological polar surface area (TPSA) is 128 Å². The predicted octanol–water partition coefficient (Wildman–Crippen LogP) is -2.34. The Morgan fingerprint density at radius 1 is 0.824 bits per heavy atom. The van der Waals surface area contributed by atoms with Crippen molar-refractivity contribution in [2.75, 3.05) is 0 Å². The van der Waals surface area contributed by atoms with E-state index < -0.39 is 0 Å². The second kappa shape index (κ2) is 5.26. The van der Waals surface area contributed by atoms with Crippen molar-refractivity contribution in [1.29, 1.82) is 0 Å². The van der Waals surface area contributed by atoms with Crippen LogP contribution in [0.4, 0.5) is 0 Å². The maximum atomic E-state index is 6.02. The number of rotatable bonds is 3. The zero-order valence-corrected chi connectivity index (χ0v) is 9.79. The Balaban J connectivity index is 1.84. The van der Waals surface area contributed by atoms with E-state index in [0.717, 1.165) is 6.42 Å². The lowest BCUT2D eigenvalue weighted by atomic mass is 9.93. The Hall–Kier alpha value is -0.760. The molecule has 17 heavy (non-hydrogen) atoms. The molecule has 0 amide bonds. The Labute approximate surface area is 101 Å². The molecule has 0 spiro atoms. The van der Waals surface area contributed by atoms with Crippen molar-refractivity contribution >= 4 is 0 Å². The van der Waals surface area contributed by atoms with Crippen LogP contribution in [0.15, 0.2) is 24.3 Å². The number of hydrogen-bond donors (Lipinski definition) is 6. The van der Waals surface area contributed by atoms with Gasteiger partial charge in [-0.25, -0.2) is 10.9 Å². The zero-order chi connectivity index (χ0) is 12.4. The van der Waals surface area contributed by atoms with Crippen LogP contribution in [0.3, 0.4) is 0 Å². The van der Waals surface area contributed by atoms with Gasteiger partial charge in [-0.3, -0.25) is 0 Å². The number of nitrogens with two attached hydrogens (primary N) is 4. The van der Waals surface area contributed by atoms with E-state index in [0.29, 0.717) is 0 Å². The first kappa shape index (κ1) is 12.7. The number of hydrogen-bond acceptors (Lipinski definition) is 6. The Kier molecular flexibility index (Phi) is 3.93. The minimum atomic E-state index is -0.111. The SMILES string of the molecule is NC1C=CC(NNC2C=CCC(N)C2N)C1N. The second-order valence-corrected chi connectivity index (χ2v) is 4.78. The van der Waals surface area contributed by atoms with Crippen LogP contribution in [0.25, 0.3) is 0 Å². The highest BCUT2D eigenvalue weighted by atomic mass is 15.4. The first-order valence-electron chi connectivity index (χ1n) is 5.98. The highest BCUT2D eigenvalue weighted by Gasteiger charge is 2.28. The summed E-state index contributed by atoms with van der Waals surface area (Å²) >= 11 is 0. The molecule has 6 nitrogen and oxygen atoms in total. The van der Waals surface area contributed by atoms with Gasteiger partial charge >= 0.3 is 0 Å². The predicted molar refractivity (Wildman–Crippen MR) is 68.6 cm³/mol. The molecule has 0 aliphatic heterocycles. The fourth-order valence-corrected chi connectivity index (χ4v) is 2.16. The first-order valence-corrected chi connectivity index (χ1v) is 5.98. The summed E-state index contributed by atoms with van der Waals surface area (Å²) < 4.78 is 0. The van der Waals surface area contributed by atoms with Crippen molar-refractivity contribution in [2.45, 2.75) is 42.7 Å². The van der Waals surface area contributed by atoms with Gasteiger partial charge in [0.25, 0.3) is 0 Å². The summed E-state index contributed by atoms with van der Waals surface area (Å²) in [7, 11) is 0. The van der Waals surface area contributed by atoms with Crippen molar-refractivity contribution in [1.82, 2.24) is 10.9 Å². The van der Waals surface area contributed by atoms with E-state index in [1.165, 1.54) is 0 Å². The van der Waals surface area contributed by atoms with E-state index in [4.69, 9.17) is 22.9 Å². The molecule has 6 heteroatoms. The molecule has 0 aromatic rings. The molecule has 0 radical (unpaired) electrons. The molecular formula is C11H22N6. The van der Waals surface area contributed by atoms with Gasteiger partial charge < -0.3 is 22.9 Å². The monoisotopic (exact) mass is 238 g/mol. The minimum Gasteiger partial charge on any atom is -0.326 e. The largest absolute Gasteiger partial charge is 0.326 e. The summed E-state index contributed by atoms with van der Waals surface area (Å²) in [6.07, 6.45) is 8.79. The van der Waals surface area contributed by atoms with Crippen LogP contribution in [0.2, 0.25) is 0 Å². The van der Waals surface area contributed by atoms with Crippen LogP contribution in [0, 0.1) is 0 Å². The lowest BCUT2D eigenvalue weighted by Gasteiger charge is -2.32. The van der Waals surface area contributed by atoms with Crippen molar-refractivity contribution in [3.05, 3.63) is 24.3 Å². The summed E-state index contributed by atoms with van der Waals surface area (Å²) in [4.78, 5) is 0.